The molecule has 166 valence electrons. The van der Waals surface area contributed by atoms with Crippen molar-refractivity contribution < 1.29 is 32.6 Å². The quantitative estimate of drug-likeness (QED) is 0.717. The van der Waals surface area contributed by atoms with E-state index in [1.807, 2.05) is 0 Å². The predicted molar refractivity (Wildman–Crippen MR) is 115 cm³/mol. The summed E-state index contributed by atoms with van der Waals surface area (Å²) in [6, 6.07) is 4.35. The molecule has 2 aliphatic heterocycles. The lowest BCUT2D eigenvalue weighted by atomic mass is 10.2. The van der Waals surface area contributed by atoms with Crippen LogP contribution < -0.4 is 14.4 Å². The van der Waals surface area contributed by atoms with Gasteiger partial charge in [0.15, 0.2) is 4.91 Å². The molecule has 0 radical (unpaired) electrons. The number of carbonyl (C=O) groups excluding carboxylic acids is 2. The Bertz CT molecular complexity index is 1100. The maximum Gasteiger partial charge on any atom is 0.412 e. The number of carbonyl (C=O) groups is 2. The van der Waals surface area contributed by atoms with E-state index in [-0.39, 0.29) is 29.2 Å². The molecule has 3 rings (SSSR count). The molecule has 0 aromatic heterocycles. The van der Waals surface area contributed by atoms with Gasteiger partial charge in [0, 0.05) is 11.9 Å². The largest absolute Gasteiger partial charge is 0.484 e. The van der Waals surface area contributed by atoms with Crippen LogP contribution in [0.2, 0.25) is 0 Å². The zero-order chi connectivity index (χ0) is 23.0. The maximum atomic E-state index is 13.3. The van der Waals surface area contributed by atoms with Crippen LogP contribution >= 0.6 is 0 Å². The second kappa shape index (κ2) is 8.16. The number of ether oxygens (including phenoxy) is 2. The second-order valence-electron chi connectivity index (χ2n) is 7.91. The number of aliphatic hydroxyl groups excluding tert-OH is 1. The van der Waals surface area contributed by atoms with E-state index in [4.69, 9.17) is 9.47 Å². The van der Waals surface area contributed by atoms with Gasteiger partial charge in [0.05, 0.1) is 18.8 Å². The lowest BCUT2D eigenvalue weighted by Crippen LogP contribution is -2.46. The second-order valence-corrected chi connectivity index (χ2v) is 9.75. The molecule has 0 spiro atoms. The summed E-state index contributed by atoms with van der Waals surface area (Å²) >= 11 is 0. The summed E-state index contributed by atoms with van der Waals surface area (Å²) in [5, 5.41) is 12.1. The number of sulfonamides is 1. The van der Waals surface area contributed by atoms with E-state index in [1.54, 1.807) is 20.8 Å². The Labute approximate surface area is 179 Å². The molecule has 1 atom stereocenters. The summed E-state index contributed by atoms with van der Waals surface area (Å²) in [6.45, 7) is 8.06. The van der Waals surface area contributed by atoms with Gasteiger partial charge in [-0.3, -0.25) is 14.4 Å². The third-order valence-electron chi connectivity index (χ3n) is 4.18. The van der Waals surface area contributed by atoms with Crippen LogP contribution in [0, 0.1) is 0 Å². The number of fused-ring (bicyclic) bond motifs is 1. The number of dihydropyridines is 1. The van der Waals surface area contributed by atoms with Crippen molar-refractivity contribution in [2.24, 2.45) is 4.99 Å². The molecule has 1 aromatic rings. The zero-order valence-corrected chi connectivity index (χ0v) is 18.1. The molecule has 0 aliphatic carbocycles. The molecular weight excluding hydrogens is 426 g/mol. The van der Waals surface area contributed by atoms with Crippen molar-refractivity contribution in [3.63, 3.8) is 0 Å². The van der Waals surface area contributed by atoms with Gasteiger partial charge in [0.25, 0.3) is 15.9 Å². The van der Waals surface area contributed by atoms with E-state index in [0.29, 0.717) is 0 Å². The Balaban J connectivity index is 2.00. The number of nitrogens with zero attached hydrogens (tertiary/aromatic N) is 2. The van der Waals surface area contributed by atoms with E-state index in [9.17, 15) is 23.1 Å². The Morgan fingerprint density at radius 3 is 2.77 bits per heavy atom. The summed E-state index contributed by atoms with van der Waals surface area (Å²) in [5.74, 6) is -0.765. The third kappa shape index (κ3) is 4.94. The molecule has 2 aliphatic rings. The first kappa shape index (κ1) is 22.5. The Hall–Kier alpha value is -3.18. The number of hydrogen-bond acceptors (Lipinski definition) is 7. The minimum atomic E-state index is -4.36. The normalized spacial score (nSPS) is 18.8. The summed E-state index contributed by atoms with van der Waals surface area (Å²) in [5.41, 5.74) is -0.120. The van der Waals surface area contributed by atoms with Gasteiger partial charge >= 0.3 is 6.09 Å². The third-order valence-corrected chi connectivity index (χ3v) is 5.96. The van der Waals surface area contributed by atoms with Crippen molar-refractivity contribution in [1.82, 2.24) is 0 Å². The number of aliphatic imine (C=N–C) groups is 1. The van der Waals surface area contributed by atoms with E-state index < -0.39 is 45.2 Å². The van der Waals surface area contributed by atoms with Crippen molar-refractivity contribution in [3.05, 3.63) is 41.3 Å². The number of aliphatic hydroxyl groups is 1. The standard InChI is InChI=1S/C20H23N3O7S/c1-12-7-17(18(25)21-9-12)31(27,28)23-10-14(11-24)29-16-6-5-13(8-15(16)23)22-19(26)30-20(2,3)4/h5-9,14,24H,1,10-11H2,2-4H3,(H,22,26)/t14-/m1/s1. The molecule has 0 saturated heterocycles. The van der Waals surface area contributed by atoms with Crippen LogP contribution in [0.15, 0.2) is 46.3 Å². The maximum absolute atomic E-state index is 13.3. The Morgan fingerprint density at radius 1 is 1.42 bits per heavy atom. The van der Waals surface area contributed by atoms with E-state index >= 15 is 0 Å². The monoisotopic (exact) mass is 449 g/mol. The van der Waals surface area contributed by atoms with E-state index in [1.165, 1.54) is 24.4 Å². The molecule has 0 fully saturated rings. The Morgan fingerprint density at radius 2 is 2.13 bits per heavy atom. The zero-order valence-electron chi connectivity index (χ0n) is 17.3. The molecule has 0 unspecified atom stereocenters. The van der Waals surface area contributed by atoms with E-state index in [2.05, 4.69) is 16.9 Å². The van der Waals surface area contributed by atoms with Crippen molar-refractivity contribution in [3.8, 4) is 5.75 Å². The number of allylic oxidation sites excluding steroid dienone is 2. The van der Waals surface area contributed by atoms with E-state index in [0.717, 1.165) is 10.4 Å². The highest BCUT2D eigenvalue weighted by molar-refractivity contribution is 7.97. The predicted octanol–water partition coefficient (Wildman–Crippen LogP) is 1.97. The van der Waals surface area contributed by atoms with Gasteiger partial charge in [-0.15, -0.1) is 0 Å². The van der Waals surface area contributed by atoms with Crippen LogP contribution in [-0.2, 0) is 19.6 Å². The number of hydrogen-bond donors (Lipinski definition) is 2. The van der Waals surface area contributed by atoms with Crippen LogP contribution in [0.4, 0.5) is 16.2 Å². The highest BCUT2D eigenvalue weighted by Gasteiger charge is 2.39. The van der Waals surface area contributed by atoms with Crippen molar-refractivity contribution in [2.75, 3.05) is 22.8 Å². The SMILES string of the molecule is C=C1C=NC(=O)C(S(=O)(=O)N2C[C@H](CO)Oc3ccc(NC(=O)OC(C)(C)C)cc32)=C1. The van der Waals surface area contributed by atoms with Crippen molar-refractivity contribution >= 4 is 39.6 Å². The topological polar surface area (TPSA) is 135 Å². The van der Waals surface area contributed by atoms with Gasteiger partial charge in [-0.1, -0.05) is 6.58 Å². The van der Waals surface area contributed by atoms with Crippen LogP contribution in [0.1, 0.15) is 20.8 Å². The van der Waals surface area contributed by atoms with Gasteiger partial charge < -0.3 is 14.6 Å². The number of rotatable bonds is 4. The molecule has 2 N–H and O–H groups in total. The number of anilines is 2. The molecule has 11 heteroatoms. The van der Waals surface area contributed by atoms with Crippen LogP contribution in [0.5, 0.6) is 5.75 Å². The number of amides is 2. The summed E-state index contributed by atoms with van der Waals surface area (Å²) in [7, 11) is -4.36. The average molecular weight is 449 g/mol. The number of benzene rings is 1. The first-order valence-electron chi connectivity index (χ1n) is 9.34. The first-order valence-corrected chi connectivity index (χ1v) is 10.8. The minimum absolute atomic E-state index is 0.0899. The molecule has 2 heterocycles. The lowest BCUT2D eigenvalue weighted by molar-refractivity contribution is -0.113. The summed E-state index contributed by atoms with van der Waals surface area (Å²) in [4.78, 5) is 27.3. The number of nitrogens with one attached hydrogen (secondary N) is 1. The first-order chi connectivity index (χ1) is 14.4. The van der Waals surface area contributed by atoms with Gasteiger partial charge in [-0.2, -0.15) is 0 Å². The Kier molecular flexibility index (Phi) is 5.92. The fourth-order valence-electron chi connectivity index (χ4n) is 2.91. The van der Waals surface area contributed by atoms with Gasteiger partial charge in [-0.05, 0) is 50.6 Å². The van der Waals surface area contributed by atoms with Gasteiger partial charge in [0.1, 0.15) is 17.5 Å². The highest BCUT2D eigenvalue weighted by Crippen LogP contribution is 2.39. The molecule has 31 heavy (non-hydrogen) atoms. The minimum Gasteiger partial charge on any atom is -0.484 e. The smallest absolute Gasteiger partial charge is 0.412 e. The fourth-order valence-corrected chi connectivity index (χ4v) is 4.49. The highest BCUT2D eigenvalue weighted by atomic mass is 32.2. The summed E-state index contributed by atoms with van der Waals surface area (Å²) in [6.07, 6.45) is 0.741. The van der Waals surface area contributed by atoms with Crippen LogP contribution in [-0.4, -0.2) is 56.6 Å². The molecule has 0 bridgehead atoms. The van der Waals surface area contributed by atoms with Crippen molar-refractivity contribution in [1.29, 1.82) is 0 Å². The van der Waals surface area contributed by atoms with Gasteiger partial charge in [-0.25, -0.2) is 18.2 Å². The van der Waals surface area contributed by atoms with Crippen LogP contribution in [0.3, 0.4) is 0 Å². The average Bonchev–Trinajstić information content (AvgIpc) is 2.67. The fraction of sp³-hybridized carbons (Fsp3) is 0.350. The molecule has 10 nitrogen and oxygen atoms in total. The molecule has 1 aromatic carbocycles. The summed E-state index contributed by atoms with van der Waals surface area (Å²) < 4.78 is 38.4. The molecule has 2 amide bonds. The molecular formula is C20H23N3O7S. The van der Waals surface area contributed by atoms with Crippen LogP contribution in [0.25, 0.3) is 0 Å². The van der Waals surface area contributed by atoms with Crippen molar-refractivity contribution in [2.45, 2.75) is 32.5 Å². The molecule has 0 saturated carbocycles. The lowest BCUT2D eigenvalue weighted by Gasteiger charge is -2.35. The van der Waals surface area contributed by atoms with Gasteiger partial charge in [0.2, 0.25) is 0 Å².